The van der Waals surface area contributed by atoms with Gasteiger partial charge >= 0.3 is 0 Å². The van der Waals surface area contributed by atoms with Crippen molar-refractivity contribution in [3.63, 3.8) is 0 Å². The zero-order chi connectivity index (χ0) is 15.2. The Morgan fingerprint density at radius 2 is 2.19 bits per heavy atom. The van der Waals surface area contributed by atoms with E-state index in [1.165, 1.54) is 15.3 Å². The summed E-state index contributed by atoms with van der Waals surface area (Å²) in [6, 6.07) is 4.92. The summed E-state index contributed by atoms with van der Waals surface area (Å²) in [5.74, 6) is 0. The molecule has 0 aromatic carbocycles. The highest BCUT2D eigenvalue weighted by atomic mass is 32.1. The predicted octanol–water partition coefficient (Wildman–Crippen LogP) is 2.89. The molecule has 0 aliphatic carbocycles. The molecule has 1 N–H and O–H groups in total. The van der Waals surface area contributed by atoms with Gasteiger partial charge in [0.1, 0.15) is 0 Å². The Labute approximate surface area is 132 Å². The third-order valence-corrected chi connectivity index (χ3v) is 5.05. The Kier molecular flexibility index (Phi) is 6.42. The summed E-state index contributed by atoms with van der Waals surface area (Å²) in [6.07, 6.45) is 3.17. The number of hydrogen-bond acceptors (Lipinski definition) is 4. The van der Waals surface area contributed by atoms with Crippen molar-refractivity contribution in [3.8, 4) is 0 Å². The van der Waals surface area contributed by atoms with Crippen LogP contribution in [0.25, 0.3) is 0 Å². The second-order valence-electron chi connectivity index (χ2n) is 6.19. The SMILES string of the molecule is CC(C)=CCN1CCN(Cc2ccc(C)s2)C[C@@H]1CCO. The minimum Gasteiger partial charge on any atom is -0.396 e. The van der Waals surface area contributed by atoms with Crippen molar-refractivity contribution < 1.29 is 5.11 Å². The second kappa shape index (κ2) is 8.08. The average Bonchev–Trinajstić information content (AvgIpc) is 2.83. The van der Waals surface area contributed by atoms with Gasteiger partial charge in [-0.2, -0.15) is 0 Å². The number of hydrogen-bond donors (Lipinski definition) is 1. The molecule has 0 unspecified atom stereocenters. The number of nitrogens with zero attached hydrogens (tertiary/aromatic N) is 2. The Balaban J connectivity index is 1.92. The molecule has 0 radical (unpaired) electrons. The zero-order valence-corrected chi connectivity index (χ0v) is 14.3. The highest BCUT2D eigenvalue weighted by Gasteiger charge is 2.25. The maximum absolute atomic E-state index is 9.33. The number of aliphatic hydroxyl groups is 1. The number of aliphatic hydroxyl groups excluding tert-OH is 1. The van der Waals surface area contributed by atoms with E-state index in [1.807, 2.05) is 11.3 Å². The van der Waals surface area contributed by atoms with E-state index in [2.05, 4.69) is 48.8 Å². The first kappa shape index (κ1) is 16.7. The highest BCUT2D eigenvalue weighted by Crippen LogP contribution is 2.20. The molecule has 4 heteroatoms. The number of rotatable bonds is 6. The Morgan fingerprint density at radius 3 is 2.81 bits per heavy atom. The van der Waals surface area contributed by atoms with Gasteiger partial charge in [0.15, 0.2) is 0 Å². The minimum atomic E-state index is 0.280. The maximum atomic E-state index is 9.33. The van der Waals surface area contributed by atoms with E-state index in [9.17, 15) is 5.11 Å². The van der Waals surface area contributed by atoms with Crippen LogP contribution in [0.2, 0.25) is 0 Å². The largest absolute Gasteiger partial charge is 0.396 e. The van der Waals surface area contributed by atoms with Gasteiger partial charge in [0.05, 0.1) is 0 Å². The van der Waals surface area contributed by atoms with Gasteiger partial charge in [-0.15, -0.1) is 11.3 Å². The van der Waals surface area contributed by atoms with Crippen LogP contribution in [0.5, 0.6) is 0 Å². The smallest absolute Gasteiger partial charge is 0.0446 e. The van der Waals surface area contributed by atoms with E-state index in [-0.39, 0.29) is 6.61 Å². The molecule has 1 aromatic heterocycles. The van der Waals surface area contributed by atoms with Crippen molar-refractivity contribution in [2.75, 3.05) is 32.8 Å². The minimum absolute atomic E-state index is 0.280. The molecule has 0 amide bonds. The lowest BCUT2D eigenvalue weighted by Crippen LogP contribution is -2.52. The third-order valence-electron chi connectivity index (χ3n) is 4.06. The van der Waals surface area contributed by atoms with Gasteiger partial charge in [0, 0.05) is 55.1 Å². The fourth-order valence-electron chi connectivity index (χ4n) is 2.85. The summed E-state index contributed by atoms with van der Waals surface area (Å²) in [5, 5.41) is 9.33. The van der Waals surface area contributed by atoms with Crippen LogP contribution in [0, 0.1) is 6.92 Å². The molecule has 1 aliphatic rings. The van der Waals surface area contributed by atoms with Crippen LogP contribution in [0.15, 0.2) is 23.8 Å². The van der Waals surface area contributed by atoms with Gasteiger partial charge < -0.3 is 5.11 Å². The Bertz CT molecular complexity index is 465. The number of thiophene rings is 1. The summed E-state index contributed by atoms with van der Waals surface area (Å²) < 4.78 is 0. The molecular weight excluding hydrogens is 280 g/mol. The molecule has 2 heterocycles. The van der Waals surface area contributed by atoms with Crippen molar-refractivity contribution in [2.24, 2.45) is 0 Å². The Morgan fingerprint density at radius 1 is 1.38 bits per heavy atom. The summed E-state index contributed by atoms with van der Waals surface area (Å²) in [7, 11) is 0. The Hall–Kier alpha value is -0.680. The van der Waals surface area contributed by atoms with Crippen molar-refractivity contribution in [1.29, 1.82) is 0 Å². The molecule has 0 spiro atoms. The average molecular weight is 308 g/mol. The van der Waals surface area contributed by atoms with Crippen LogP contribution >= 0.6 is 11.3 Å². The van der Waals surface area contributed by atoms with Crippen LogP contribution in [0.4, 0.5) is 0 Å². The molecule has 3 nitrogen and oxygen atoms in total. The standard InChI is InChI=1S/C17H28N2OS/c1-14(2)6-8-19-10-9-18(12-16(19)7-11-20)13-17-5-4-15(3)21-17/h4-6,16,20H,7-13H2,1-3H3/t16-/m0/s1. The summed E-state index contributed by atoms with van der Waals surface area (Å²) in [5.41, 5.74) is 1.37. The van der Waals surface area contributed by atoms with Crippen LogP contribution in [-0.2, 0) is 6.54 Å². The molecule has 1 saturated heterocycles. The van der Waals surface area contributed by atoms with Crippen molar-refractivity contribution in [1.82, 2.24) is 9.80 Å². The van der Waals surface area contributed by atoms with E-state index in [1.54, 1.807) is 0 Å². The van der Waals surface area contributed by atoms with Crippen molar-refractivity contribution in [3.05, 3.63) is 33.5 Å². The first-order valence-corrected chi connectivity index (χ1v) is 8.66. The highest BCUT2D eigenvalue weighted by molar-refractivity contribution is 7.11. The first-order chi connectivity index (χ1) is 10.1. The topological polar surface area (TPSA) is 26.7 Å². The van der Waals surface area contributed by atoms with Crippen molar-refractivity contribution >= 4 is 11.3 Å². The van der Waals surface area contributed by atoms with E-state index in [4.69, 9.17) is 0 Å². The van der Waals surface area contributed by atoms with E-state index < -0.39 is 0 Å². The van der Waals surface area contributed by atoms with Gasteiger partial charge in [0.25, 0.3) is 0 Å². The lowest BCUT2D eigenvalue weighted by Gasteiger charge is -2.41. The molecule has 1 aromatic rings. The van der Waals surface area contributed by atoms with Gasteiger partial charge in [-0.1, -0.05) is 11.6 Å². The molecule has 1 fully saturated rings. The normalized spacial score (nSPS) is 20.7. The molecule has 21 heavy (non-hydrogen) atoms. The zero-order valence-electron chi connectivity index (χ0n) is 13.5. The van der Waals surface area contributed by atoms with Crippen molar-refractivity contribution in [2.45, 2.75) is 39.8 Å². The third kappa shape index (κ3) is 5.22. The van der Waals surface area contributed by atoms with Gasteiger partial charge in [0.2, 0.25) is 0 Å². The number of piperazine rings is 1. The molecule has 1 atom stereocenters. The monoisotopic (exact) mass is 308 g/mol. The fraction of sp³-hybridized carbons (Fsp3) is 0.647. The number of allylic oxidation sites excluding steroid dienone is 1. The van der Waals surface area contributed by atoms with E-state index >= 15 is 0 Å². The quantitative estimate of drug-likeness (QED) is 0.819. The number of aryl methyl sites for hydroxylation is 1. The molecule has 2 rings (SSSR count). The summed E-state index contributed by atoms with van der Waals surface area (Å²) in [4.78, 5) is 7.89. The predicted molar refractivity (Wildman–Crippen MR) is 90.8 cm³/mol. The molecule has 118 valence electrons. The van der Waals surface area contributed by atoms with Crippen LogP contribution in [-0.4, -0.2) is 53.7 Å². The van der Waals surface area contributed by atoms with Crippen LogP contribution in [0.3, 0.4) is 0 Å². The van der Waals surface area contributed by atoms with E-state index in [0.717, 1.165) is 39.1 Å². The summed E-state index contributed by atoms with van der Waals surface area (Å²) in [6.45, 7) is 12.1. The van der Waals surface area contributed by atoms with Gasteiger partial charge in [-0.05, 0) is 39.3 Å². The first-order valence-electron chi connectivity index (χ1n) is 7.84. The molecular formula is C17H28N2OS. The van der Waals surface area contributed by atoms with Gasteiger partial charge in [-0.3, -0.25) is 9.80 Å². The summed E-state index contributed by atoms with van der Waals surface area (Å²) >= 11 is 1.90. The fourth-order valence-corrected chi connectivity index (χ4v) is 3.79. The van der Waals surface area contributed by atoms with E-state index in [0.29, 0.717) is 6.04 Å². The van der Waals surface area contributed by atoms with Gasteiger partial charge in [-0.25, -0.2) is 0 Å². The van der Waals surface area contributed by atoms with Crippen LogP contribution in [0.1, 0.15) is 30.0 Å². The lowest BCUT2D eigenvalue weighted by atomic mass is 10.1. The van der Waals surface area contributed by atoms with Crippen LogP contribution < -0.4 is 0 Å². The maximum Gasteiger partial charge on any atom is 0.0446 e. The molecule has 0 bridgehead atoms. The lowest BCUT2D eigenvalue weighted by molar-refractivity contribution is 0.0642. The second-order valence-corrected chi connectivity index (χ2v) is 7.56. The molecule has 0 saturated carbocycles. The molecule has 1 aliphatic heterocycles.